The van der Waals surface area contributed by atoms with Gasteiger partial charge in [0.2, 0.25) is 0 Å². The molecule has 1 aromatic rings. The third-order valence-electron chi connectivity index (χ3n) is 3.67. The Morgan fingerprint density at radius 3 is 2.70 bits per heavy atom. The van der Waals surface area contributed by atoms with E-state index < -0.39 is 4.92 Å². The summed E-state index contributed by atoms with van der Waals surface area (Å²) in [6.45, 7) is 3.22. The highest BCUT2D eigenvalue weighted by atomic mass is 16.6. The van der Waals surface area contributed by atoms with Gasteiger partial charge in [-0.25, -0.2) is 0 Å². The quantitative estimate of drug-likeness (QED) is 0.627. The number of nitrogens with two attached hydrogens (primary N) is 1. The Labute approximate surface area is 116 Å². The van der Waals surface area contributed by atoms with E-state index in [2.05, 4.69) is 5.32 Å². The fourth-order valence-corrected chi connectivity index (χ4v) is 2.41. The third-order valence-corrected chi connectivity index (χ3v) is 3.67. The van der Waals surface area contributed by atoms with Crippen molar-refractivity contribution in [3.63, 3.8) is 0 Å². The summed E-state index contributed by atoms with van der Waals surface area (Å²) < 4.78 is 0. The smallest absolute Gasteiger partial charge is 0.292 e. The topological polar surface area (TPSA) is 101 Å². The first kappa shape index (κ1) is 14.3. The first-order valence-electron chi connectivity index (χ1n) is 6.45. The zero-order valence-electron chi connectivity index (χ0n) is 11.5. The molecule has 3 N–H and O–H groups in total. The first-order chi connectivity index (χ1) is 9.43. The Morgan fingerprint density at radius 2 is 2.20 bits per heavy atom. The van der Waals surface area contributed by atoms with Crippen molar-refractivity contribution in [1.82, 2.24) is 5.32 Å². The minimum Gasteiger partial charge on any atom is -0.364 e. The highest BCUT2D eigenvalue weighted by molar-refractivity contribution is 5.95. The maximum absolute atomic E-state index is 11.7. The molecule has 7 nitrogen and oxygen atoms in total. The molecular weight excluding hydrogens is 260 g/mol. The van der Waals surface area contributed by atoms with Gasteiger partial charge in [-0.05, 0) is 18.1 Å². The molecule has 1 fully saturated rings. The van der Waals surface area contributed by atoms with E-state index in [1.807, 2.05) is 11.8 Å². The van der Waals surface area contributed by atoms with Crippen LogP contribution >= 0.6 is 0 Å². The van der Waals surface area contributed by atoms with E-state index in [0.29, 0.717) is 24.3 Å². The monoisotopic (exact) mass is 278 g/mol. The molecule has 7 heteroatoms. The molecule has 20 heavy (non-hydrogen) atoms. The summed E-state index contributed by atoms with van der Waals surface area (Å²) >= 11 is 0. The third kappa shape index (κ3) is 2.57. The van der Waals surface area contributed by atoms with Gasteiger partial charge in [0.1, 0.15) is 5.69 Å². The standard InChI is InChI=1S/C13H18N4O3/c1-8-6-16(7-10(8)14)12-5-9(13(18)15-2)3-4-11(12)17(19)20/h3-5,8,10H,6-7,14H2,1-2H3,(H,15,18). The van der Waals surface area contributed by atoms with E-state index >= 15 is 0 Å². The molecule has 1 aliphatic heterocycles. The van der Waals surface area contributed by atoms with Crippen LogP contribution in [0.3, 0.4) is 0 Å². The van der Waals surface area contributed by atoms with Crippen LogP contribution in [0.2, 0.25) is 0 Å². The van der Waals surface area contributed by atoms with Crippen LogP contribution in [-0.4, -0.2) is 37.0 Å². The van der Waals surface area contributed by atoms with Crippen LogP contribution in [0, 0.1) is 16.0 Å². The van der Waals surface area contributed by atoms with E-state index in [1.165, 1.54) is 19.2 Å². The number of hydrogen-bond donors (Lipinski definition) is 2. The predicted molar refractivity (Wildman–Crippen MR) is 75.8 cm³/mol. The van der Waals surface area contributed by atoms with Crippen LogP contribution in [0.5, 0.6) is 0 Å². The second-order valence-corrected chi connectivity index (χ2v) is 5.09. The molecule has 1 aliphatic rings. The summed E-state index contributed by atoms with van der Waals surface area (Å²) in [7, 11) is 1.53. The Bertz CT molecular complexity index is 536. The van der Waals surface area contributed by atoms with Crippen LogP contribution in [0.25, 0.3) is 0 Å². The van der Waals surface area contributed by atoms with Crippen molar-refractivity contribution in [3.05, 3.63) is 33.9 Å². The van der Waals surface area contributed by atoms with Crippen molar-refractivity contribution in [1.29, 1.82) is 0 Å². The molecule has 108 valence electrons. The summed E-state index contributed by atoms with van der Waals surface area (Å²) in [5.41, 5.74) is 6.82. The van der Waals surface area contributed by atoms with E-state index in [-0.39, 0.29) is 23.6 Å². The predicted octanol–water partition coefficient (Wildman–Crippen LogP) is 0.738. The Kier molecular flexibility index (Phi) is 3.89. The van der Waals surface area contributed by atoms with Gasteiger partial charge in [-0.15, -0.1) is 0 Å². The molecule has 0 aromatic heterocycles. The van der Waals surface area contributed by atoms with Gasteiger partial charge in [-0.1, -0.05) is 6.92 Å². The van der Waals surface area contributed by atoms with Crippen molar-refractivity contribution >= 4 is 17.3 Å². The van der Waals surface area contributed by atoms with Crippen molar-refractivity contribution in [3.8, 4) is 0 Å². The van der Waals surface area contributed by atoms with E-state index in [1.54, 1.807) is 6.07 Å². The fourth-order valence-electron chi connectivity index (χ4n) is 2.41. The normalized spacial score (nSPS) is 21.9. The second kappa shape index (κ2) is 5.46. The molecule has 1 amide bonds. The summed E-state index contributed by atoms with van der Waals surface area (Å²) in [6.07, 6.45) is 0. The van der Waals surface area contributed by atoms with Gasteiger partial charge >= 0.3 is 0 Å². The minimum atomic E-state index is -0.433. The minimum absolute atomic E-state index is 0.000969. The van der Waals surface area contributed by atoms with Crippen molar-refractivity contribution < 1.29 is 9.72 Å². The molecular formula is C13H18N4O3. The molecule has 2 atom stereocenters. The maximum Gasteiger partial charge on any atom is 0.292 e. The van der Waals surface area contributed by atoms with Gasteiger partial charge in [0.15, 0.2) is 0 Å². The molecule has 0 saturated carbocycles. The molecule has 1 aromatic carbocycles. The van der Waals surface area contributed by atoms with Gasteiger partial charge in [-0.2, -0.15) is 0 Å². The van der Waals surface area contributed by atoms with Gasteiger partial charge in [0, 0.05) is 37.8 Å². The van der Waals surface area contributed by atoms with Crippen LogP contribution in [0.1, 0.15) is 17.3 Å². The van der Waals surface area contributed by atoms with Crippen LogP contribution in [-0.2, 0) is 0 Å². The number of anilines is 1. The summed E-state index contributed by atoms with van der Waals surface area (Å²) in [5.74, 6) is -0.00375. The van der Waals surface area contributed by atoms with E-state index in [4.69, 9.17) is 5.73 Å². The number of rotatable bonds is 3. The van der Waals surface area contributed by atoms with Crippen LogP contribution in [0.15, 0.2) is 18.2 Å². The number of nitro groups is 1. The SMILES string of the molecule is CNC(=O)c1ccc([N+](=O)[O-])c(N2CC(C)C(N)C2)c1. The lowest BCUT2D eigenvalue weighted by Gasteiger charge is -2.18. The summed E-state index contributed by atoms with van der Waals surface area (Å²) in [4.78, 5) is 24.2. The largest absolute Gasteiger partial charge is 0.364 e. The van der Waals surface area contributed by atoms with Crippen molar-refractivity contribution in [2.45, 2.75) is 13.0 Å². The highest BCUT2D eigenvalue weighted by Gasteiger charge is 2.31. The van der Waals surface area contributed by atoms with Crippen molar-refractivity contribution in [2.75, 3.05) is 25.0 Å². The van der Waals surface area contributed by atoms with Gasteiger partial charge in [0.25, 0.3) is 11.6 Å². The molecule has 2 rings (SSSR count). The maximum atomic E-state index is 11.7. The number of nitrogens with one attached hydrogen (secondary N) is 1. The van der Waals surface area contributed by atoms with Crippen LogP contribution in [0.4, 0.5) is 11.4 Å². The second-order valence-electron chi connectivity index (χ2n) is 5.09. The lowest BCUT2D eigenvalue weighted by Crippen LogP contribution is -2.28. The van der Waals surface area contributed by atoms with E-state index in [9.17, 15) is 14.9 Å². The Hall–Kier alpha value is -2.15. The lowest BCUT2D eigenvalue weighted by atomic mass is 10.1. The van der Waals surface area contributed by atoms with Gasteiger partial charge < -0.3 is 16.0 Å². The average molecular weight is 278 g/mol. The number of benzene rings is 1. The molecule has 0 bridgehead atoms. The molecule has 1 saturated heterocycles. The van der Waals surface area contributed by atoms with Crippen molar-refractivity contribution in [2.24, 2.45) is 11.7 Å². The number of amides is 1. The average Bonchev–Trinajstić information content (AvgIpc) is 2.77. The lowest BCUT2D eigenvalue weighted by molar-refractivity contribution is -0.384. The summed E-state index contributed by atoms with van der Waals surface area (Å²) in [6, 6.07) is 4.37. The zero-order chi connectivity index (χ0) is 14.9. The Balaban J connectivity index is 2.42. The van der Waals surface area contributed by atoms with E-state index in [0.717, 1.165) is 0 Å². The number of carbonyl (C=O) groups excluding carboxylic acids is 1. The molecule has 0 radical (unpaired) electrons. The van der Waals surface area contributed by atoms with Gasteiger partial charge in [-0.3, -0.25) is 14.9 Å². The number of carbonyl (C=O) groups is 1. The molecule has 2 unspecified atom stereocenters. The fraction of sp³-hybridized carbons (Fsp3) is 0.462. The van der Waals surface area contributed by atoms with Gasteiger partial charge in [0.05, 0.1) is 4.92 Å². The number of nitro benzene ring substituents is 1. The molecule has 0 aliphatic carbocycles. The number of nitrogens with zero attached hydrogens (tertiary/aromatic N) is 2. The number of hydrogen-bond acceptors (Lipinski definition) is 5. The van der Waals surface area contributed by atoms with Crippen LogP contribution < -0.4 is 16.0 Å². The molecule has 1 heterocycles. The summed E-state index contributed by atoms with van der Waals surface area (Å²) in [5, 5.41) is 13.7. The molecule has 0 spiro atoms. The Morgan fingerprint density at radius 1 is 1.50 bits per heavy atom. The first-order valence-corrected chi connectivity index (χ1v) is 6.45. The zero-order valence-corrected chi connectivity index (χ0v) is 11.5. The highest BCUT2D eigenvalue weighted by Crippen LogP contribution is 2.32.